The smallest absolute Gasteiger partial charge is 0.161 e. The van der Waals surface area contributed by atoms with Crippen molar-refractivity contribution in [3.63, 3.8) is 0 Å². The predicted molar refractivity (Wildman–Crippen MR) is 108 cm³/mol. The van der Waals surface area contributed by atoms with Gasteiger partial charge in [-0.3, -0.25) is 0 Å². The molecule has 2 rings (SSSR count). The maximum Gasteiger partial charge on any atom is 0.161 e. The summed E-state index contributed by atoms with van der Waals surface area (Å²) in [5, 5.41) is 10.1. The molecule has 0 heterocycles. The van der Waals surface area contributed by atoms with Crippen LogP contribution in [0, 0.1) is 5.92 Å². The Kier molecular flexibility index (Phi) is 9.16. The zero-order valence-electron chi connectivity index (χ0n) is 16.7. The third kappa shape index (κ3) is 7.61. The zero-order chi connectivity index (χ0) is 19.5. The van der Waals surface area contributed by atoms with Crippen molar-refractivity contribution in [3.05, 3.63) is 59.7 Å². The minimum Gasteiger partial charge on any atom is -0.490 e. The molecule has 1 N–H and O–H groups in total. The topological polar surface area (TPSA) is 47.9 Å². The lowest BCUT2D eigenvalue weighted by Crippen LogP contribution is -2.15. The van der Waals surface area contributed by atoms with Crippen molar-refractivity contribution in [1.82, 2.24) is 0 Å². The number of ether oxygens (including phenoxy) is 3. The summed E-state index contributed by atoms with van der Waals surface area (Å²) in [5.41, 5.74) is 2.26. The number of methoxy groups -OCH3 is 1. The number of hydrogen-bond acceptors (Lipinski definition) is 4. The van der Waals surface area contributed by atoms with Gasteiger partial charge in [-0.15, -0.1) is 0 Å². The van der Waals surface area contributed by atoms with Gasteiger partial charge in [0.05, 0.1) is 12.7 Å². The van der Waals surface area contributed by atoms with E-state index < -0.39 is 0 Å². The third-order valence-electron chi connectivity index (χ3n) is 4.49. The van der Waals surface area contributed by atoms with Gasteiger partial charge in [0, 0.05) is 20.1 Å². The van der Waals surface area contributed by atoms with Crippen LogP contribution in [0.4, 0.5) is 0 Å². The van der Waals surface area contributed by atoms with E-state index in [0.29, 0.717) is 19.8 Å². The van der Waals surface area contributed by atoms with Crippen LogP contribution in [0.5, 0.6) is 11.5 Å². The van der Waals surface area contributed by atoms with Crippen LogP contribution < -0.4 is 9.47 Å². The summed E-state index contributed by atoms with van der Waals surface area (Å²) in [6.07, 6.45) is 2.09. The molecule has 2 aromatic rings. The molecule has 0 aromatic heterocycles. The third-order valence-corrected chi connectivity index (χ3v) is 4.49. The number of aliphatic hydroxyl groups is 1. The first-order valence-electron chi connectivity index (χ1n) is 9.69. The molecule has 27 heavy (non-hydrogen) atoms. The van der Waals surface area contributed by atoms with Gasteiger partial charge < -0.3 is 19.3 Å². The first kappa shape index (κ1) is 21.3. The van der Waals surface area contributed by atoms with E-state index in [4.69, 9.17) is 14.2 Å². The van der Waals surface area contributed by atoms with Gasteiger partial charge in [0.25, 0.3) is 0 Å². The molecule has 4 nitrogen and oxygen atoms in total. The highest BCUT2D eigenvalue weighted by atomic mass is 16.5. The van der Waals surface area contributed by atoms with E-state index >= 15 is 0 Å². The van der Waals surface area contributed by atoms with Crippen LogP contribution in [-0.4, -0.2) is 31.5 Å². The van der Waals surface area contributed by atoms with E-state index in [1.165, 1.54) is 0 Å². The SMILES string of the molecule is COCCCOc1cc(CC[C@H](O)C(C)C)ccc1OCc1ccccc1. The normalized spacial score (nSPS) is 12.2. The Bertz CT molecular complexity index is 655. The van der Waals surface area contributed by atoms with E-state index in [0.717, 1.165) is 41.9 Å². The van der Waals surface area contributed by atoms with E-state index in [1.54, 1.807) is 7.11 Å². The number of hydrogen-bond donors (Lipinski definition) is 1. The van der Waals surface area contributed by atoms with Crippen molar-refractivity contribution >= 4 is 0 Å². The van der Waals surface area contributed by atoms with Crippen LogP contribution in [-0.2, 0) is 17.8 Å². The Balaban J connectivity index is 2.03. The van der Waals surface area contributed by atoms with Gasteiger partial charge >= 0.3 is 0 Å². The molecular weight excluding hydrogens is 340 g/mol. The van der Waals surface area contributed by atoms with Crippen molar-refractivity contribution in [3.8, 4) is 11.5 Å². The molecule has 0 saturated heterocycles. The van der Waals surface area contributed by atoms with Crippen LogP contribution in [0.2, 0.25) is 0 Å². The van der Waals surface area contributed by atoms with Gasteiger partial charge in [-0.05, 0) is 42.0 Å². The Morgan fingerprint density at radius 3 is 2.37 bits per heavy atom. The van der Waals surface area contributed by atoms with Crippen LogP contribution in [0.3, 0.4) is 0 Å². The fraction of sp³-hybridized carbons (Fsp3) is 0.478. The molecule has 4 heteroatoms. The van der Waals surface area contributed by atoms with Gasteiger partial charge in [-0.1, -0.05) is 50.2 Å². The fourth-order valence-electron chi connectivity index (χ4n) is 2.71. The highest BCUT2D eigenvalue weighted by Gasteiger charge is 2.12. The number of benzene rings is 2. The molecule has 0 spiro atoms. The van der Waals surface area contributed by atoms with Crippen molar-refractivity contribution < 1.29 is 19.3 Å². The highest BCUT2D eigenvalue weighted by Crippen LogP contribution is 2.30. The average molecular weight is 373 g/mol. The lowest BCUT2D eigenvalue weighted by molar-refractivity contribution is 0.116. The lowest BCUT2D eigenvalue weighted by atomic mass is 9.99. The predicted octanol–water partition coefficient (Wildman–Crippen LogP) is 4.63. The minimum absolute atomic E-state index is 0.267. The molecule has 0 amide bonds. The molecule has 0 aliphatic heterocycles. The summed E-state index contributed by atoms with van der Waals surface area (Å²) < 4.78 is 17.0. The van der Waals surface area contributed by atoms with E-state index in [2.05, 4.69) is 6.07 Å². The molecule has 0 unspecified atom stereocenters. The van der Waals surface area contributed by atoms with Gasteiger partial charge in [-0.25, -0.2) is 0 Å². The van der Waals surface area contributed by atoms with Gasteiger partial charge in [0.15, 0.2) is 11.5 Å². The first-order chi connectivity index (χ1) is 13.1. The van der Waals surface area contributed by atoms with E-state index in [-0.39, 0.29) is 12.0 Å². The van der Waals surface area contributed by atoms with Crippen molar-refractivity contribution in [2.24, 2.45) is 5.92 Å². The first-order valence-corrected chi connectivity index (χ1v) is 9.69. The molecule has 0 aliphatic carbocycles. The molecule has 1 atom stereocenters. The van der Waals surface area contributed by atoms with Gasteiger partial charge in [0.2, 0.25) is 0 Å². The monoisotopic (exact) mass is 372 g/mol. The average Bonchev–Trinajstić information content (AvgIpc) is 2.69. The number of aliphatic hydroxyl groups excluding tert-OH is 1. The lowest BCUT2D eigenvalue weighted by Gasteiger charge is -2.16. The van der Waals surface area contributed by atoms with E-state index in [9.17, 15) is 5.11 Å². The number of rotatable bonds is 12. The second-order valence-corrected chi connectivity index (χ2v) is 7.10. The Hall–Kier alpha value is -2.04. The summed E-state index contributed by atoms with van der Waals surface area (Å²) in [6, 6.07) is 16.1. The Morgan fingerprint density at radius 2 is 1.67 bits per heavy atom. The maximum absolute atomic E-state index is 10.1. The Morgan fingerprint density at radius 1 is 0.889 bits per heavy atom. The summed E-state index contributed by atoms with van der Waals surface area (Å²) in [7, 11) is 1.69. The molecular formula is C23H32O4. The minimum atomic E-state index is -0.287. The molecule has 148 valence electrons. The largest absolute Gasteiger partial charge is 0.490 e. The van der Waals surface area contributed by atoms with Crippen LogP contribution in [0.15, 0.2) is 48.5 Å². The van der Waals surface area contributed by atoms with Crippen LogP contribution in [0.25, 0.3) is 0 Å². The molecule has 0 aliphatic rings. The molecule has 0 fully saturated rings. The second kappa shape index (κ2) is 11.6. The fourth-order valence-corrected chi connectivity index (χ4v) is 2.71. The summed E-state index contributed by atoms with van der Waals surface area (Å²) in [6.45, 7) is 5.82. The quantitative estimate of drug-likeness (QED) is 0.552. The zero-order valence-corrected chi connectivity index (χ0v) is 16.7. The summed E-state index contributed by atoms with van der Waals surface area (Å²) in [4.78, 5) is 0. The standard InChI is InChI=1S/C23H32O4/c1-18(2)21(24)12-10-19-11-13-22(23(16-19)26-15-7-14-25-3)27-17-20-8-5-4-6-9-20/h4-6,8-9,11,13,16,18,21,24H,7,10,12,14-15,17H2,1-3H3/t21-/m0/s1. The summed E-state index contributed by atoms with van der Waals surface area (Å²) >= 11 is 0. The second-order valence-electron chi connectivity index (χ2n) is 7.10. The molecule has 0 bridgehead atoms. The van der Waals surface area contributed by atoms with Crippen LogP contribution in [0.1, 0.15) is 37.8 Å². The molecule has 0 saturated carbocycles. The van der Waals surface area contributed by atoms with Gasteiger partial charge in [0.1, 0.15) is 6.61 Å². The number of aryl methyl sites for hydroxylation is 1. The van der Waals surface area contributed by atoms with E-state index in [1.807, 2.05) is 56.3 Å². The van der Waals surface area contributed by atoms with Crippen LogP contribution >= 0.6 is 0 Å². The van der Waals surface area contributed by atoms with Gasteiger partial charge in [-0.2, -0.15) is 0 Å². The van der Waals surface area contributed by atoms with Crippen molar-refractivity contribution in [2.45, 2.75) is 45.8 Å². The molecule has 2 aromatic carbocycles. The molecule has 0 radical (unpaired) electrons. The van der Waals surface area contributed by atoms with Crippen molar-refractivity contribution in [1.29, 1.82) is 0 Å². The summed E-state index contributed by atoms with van der Waals surface area (Å²) in [5.74, 6) is 1.76. The van der Waals surface area contributed by atoms with Crippen molar-refractivity contribution in [2.75, 3.05) is 20.3 Å². The highest BCUT2D eigenvalue weighted by molar-refractivity contribution is 5.43. The Labute approximate surface area is 163 Å². The maximum atomic E-state index is 10.1.